The summed E-state index contributed by atoms with van der Waals surface area (Å²) in [6.07, 6.45) is 2.42. The van der Waals surface area contributed by atoms with E-state index in [4.69, 9.17) is 0 Å². The lowest BCUT2D eigenvalue weighted by Gasteiger charge is -2.24. The highest BCUT2D eigenvalue weighted by atomic mass is 32.1. The van der Waals surface area contributed by atoms with Crippen LogP contribution in [0.2, 0.25) is 0 Å². The Labute approximate surface area is 178 Å². The highest BCUT2D eigenvalue weighted by molar-refractivity contribution is 7.21. The van der Waals surface area contributed by atoms with Gasteiger partial charge < -0.3 is 10.4 Å². The van der Waals surface area contributed by atoms with Gasteiger partial charge in [-0.3, -0.25) is 9.69 Å². The van der Waals surface area contributed by atoms with Crippen LogP contribution in [0.15, 0.2) is 42.5 Å². The fourth-order valence-electron chi connectivity index (χ4n) is 4.15. The molecule has 156 valence electrons. The Morgan fingerprint density at radius 3 is 2.87 bits per heavy atom. The number of halogens is 1. The Bertz CT molecular complexity index is 1110. The number of fused-ring (bicyclic) bond motifs is 1. The molecule has 2 heterocycles. The van der Waals surface area contributed by atoms with Crippen LogP contribution in [-0.2, 0) is 11.2 Å². The van der Waals surface area contributed by atoms with Gasteiger partial charge in [0.15, 0.2) is 0 Å². The molecular formula is C23H23FN2O3S. The Morgan fingerprint density at radius 2 is 2.07 bits per heavy atom. The molecule has 0 saturated carbocycles. The van der Waals surface area contributed by atoms with Crippen LogP contribution in [0.4, 0.5) is 10.1 Å². The first-order valence-electron chi connectivity index (χ1n) is 9.96. The van der Waals surface area contributed by atoms with Gasteiger partial charge in [-0.15, -0.1) is 11.3 Å². The Balaban J connectivity index is 1.50. The van der Waals surface area contributed by atoms with E-state index in [2.05, 4.69) is 10.2 Å². The predicted octanol–water partition coefficient (Wildman–Crippen LogP) is 4.69. The Kier molecular flexibility index (Phi) is 5.83. The van der Waals surface area contributed by atoms with E-state index in [1.165, 1.54) is 17.4 Å². The molecule has 0 unspecified atom stereocenters. The van der Waals surface area contributed by atoms with Crippen LogP contribution in [0.3, 0.4) is 0 Å². The number of aromatic carboxylic acids is 1. The first-order valence-corrected chi connectivity index (χ1v) is 10.8. The summed E-state index contributed by atoms with van der Waals surface area (Å²) >= 11 is 1.30. The molecule has 0 aliphatic carbocycles. The summed E-state index contributed by atoms with van der Waals surface area (Å²) in [4.78, 5) is 26.8. The largest absolute Gasteiger partial charge is 0.477 e. The molecule has 1 saturated heterocycles. The van der Waals surface area contributed by atoms with Crippen molar-refractivity contribution in [3.8, 4) is 0 Å². The Morgan fingerprint density at radius 1 is 1.27 bits per heavy atom. The number of nitrogens with one attached hydrogen (secondary N) is 1. The summed E-state index contributed by atoms with van der Waals surface area (Å²) in [6, 6.07) is 12.4. The molecule has 7 heteroatoms. The van der Waals surface area contributed by atoms with E-state index in [1.54, 1.807) is 12.1 Å². The number of carbonyl (C=O) groups is 2. The van der Waals surface area contributed by atoms with Crippen molar-refractivity contribution in [3.63, 3.8) is 0 Å². The molecule has 30 heavy (non-hydrogen) atoms. The smallest absolute Gasteiger partial charge is 0.346 e. The molecule has 3 aromatic rings. The van der Waals surface area contributed by atoms with Crippen molar-refractivity contribution in [2.45, 2.75) is 32.2 Å². The zero-order valence-corrected chi connectivity index (χ0v) is 17.5. The van der Waals surface area contributed by atoms with Crippen molar-refractivity contribution in [1.29, 1.82) is 0 Å². The third-order valence-electron chi connectivity index (χ3n) is 5.57. The van der Waals surface area contributed by atoms with Gasteiger partial charge in [0.05, 0.1) is 12.2 Å². The van der Waals surface area contributed by atoms with E-state index in [9.17, 15) is 19.1 Å². The maximum absolute atomic E-state index is 14.0. The number of nitrogens with zero attached hydrogens (tertiary/aromatic N) is 1. The topological polar surface area (TPSA) is 69.6 Å². The normalized spacial score (nSPS) is 16.8. The maximum Gasteiger partial charge on any atom is 0.346 e. The molecule has 2 aromatic carbocycles. The summed E-state index contributed by atoms with van der Waals surface area (Å²) in [5.74, 6) is -1.63. The second-order valence-electron chi connectivity index (χ2n) is 7.71. The SMILES string of the molecule is Cc1ccc(F)c(NC(=O)CN2CCC[C@@H]2Cc2c(C(=O)O)sc3ccccc23)c1. The molecule has 4 rings (SSSR count). The fraction of sp³-hybridized carbons (Fsp3) is 0.304. The third kappa shape index (κ3) is 4.22. The van der Waals surface area contributed by atoms with Crippen LogP contribution in [0.25, 0.3) is 10.1 Å². The average molecular weight is 427 g/mol. The van der Waals surface area contributed by atoms with Crippen molar-refractivity contribution in [2.24, 2.45) is 0 Å². The van der Waals surface area contributed by atoms with Crippen LogP contribution in [0.1, 0.15) is 33.6 Å². The van der Waals surface area contributed by atoms with Crippen LogP contribution in [0, 0.1) is 12.7 Å². The number of aryl methyl sites for hydroxylation is 1. The molecule has 1 aliphatic rings. The minimum Gasteiger partial charge on any atom is -0.477 e. The molecule has 1 amide bonds. The maximum atomic E-state index is 14.0. The standard InChI is InChI=1S/C23H23FN2O3S/c1-14-8-9-18(24)19(11-14)25-21(27)13-26-10-4-5-15(26)12-17-16-6-2-3-7-20(16)30-22(17)23(28)29/h2-3,6-9,11,15H,4-5,10,12-13H2,1H3,(H,25,27)(H,28,29)/t15-/m1/s1. The Hall–Kier alpha value is -2.77. The van der Waals surface area contributed by atoms with E-state index < -0.39 is 11.8 Å². The number of amides is 1. The quantitative estimate of drug-likeness (QED) is 0.600. The van der Waals surface area contributed by atoms with Gasteiger partial charge in [-0.05, 0) is 67.4 Å². The number of hydrogen-bond donors (Lipinski definition) is 2. The third-order valence-corrected chi connectivity index (χ3v) is 6.78. The van der Waals surface area contributed by atoms with E-state index >= 15 is 0 Å². The van der Waals surface area contributed by atoms with Gasteiger partial charge in [0.2, 0.25) is 5.91 Å². The number of benzene rings is 2. The van der Waals surface area contributed by atoms with E-state index in [1.807, 2.05) is 31.2 Å². The van der Waals surface area contributed by atoms with E-state index in [-0.39, 0.29) is 24.2 Å². The van der Waals surface area contributed by atoms with Gasteiger partial charge in [-0.1, -0.05) is 24.3 Å². The van der Waals surface area contributed by atoms with Crippen molar-refractivity contribution in [2.75, 3.05) is 18.4 Å². The molecular weight excluding hydrogens is 403 g/mol. The lowest BCUT2D eigenvalue weighted by molar-refractivity contribution is -0.117. The summed E-state index contributed by atoms with van der Waals surface area (Å²) in [5.41, 5.74) is 1.90. The van der Waals surface area contributed by atoms with Gasteiger partial charge in [-0.2, -0.15) is 0 Å². The van der Waals surface area contributed by atoms with Gasteiger partial charge in [-0.25, -0.2) is 9.18 Å². The highest BCUT2D eigenvalue weighted by Gasteiger charge is 2.29. The predicted molar refractivity (Wildman–Crippen MR) is 117 cm³/mol. The van der Waals surface area contributed by atoms with Crippen LogP contribution in [0.5, 0.6) is 0 Å². The molecule has 1 aromatic heterocycles. The molecule has 0 bridgehead atoms. The number of thiophene rings is 1. The lowest BCUT2D eigenvalue weighted by Crippen LogP contribution is -2.38. The lowest BCUT2D eigenvalue weighted by atomic mass is 10.0. The van der Waals surface area contributed by atoms with Crippen molar-refractivity contribution in [3.05, 3.63) is 64.3 Å². The zero-order chi connectivity index (χ0) is 21.3. The average Bonchev–Trinajstić information content (AvgIpc) is 3.30. The summed E-state index contributed by atoms with van der Waals surface area (Å²) in [5, 5.41) is 13.3. The van der Waals surface area contributed by atoms with Crippen LogP contribution in [-0.4, -0.2) is 41.0 Å². The van der Waals surface area contributed by atoms with Crippen LogP contribution < -0.4 is 5.32 Å². The fourth-order valence-corrected chi connectivity index (χ4v) is 5.22. The molecule has 0 spiro atoms. The van der Waals surface area contributed by atoms with Gasteiger partial charge in [0.1, 0.15) is 10.7 Å². The number of likely N-dealkylation sites (tertiary alicyclic amines) is 1. The highest BCUT2D eigenvalue weighted by Crippen LogP contribution is 2.34. The molecule has 5 nitrogen and oxygen atoms in total. The first-order chi connectivity index (χ1) is 14.4. The second-order valence-corrected chi connectivity index (χ2v) is 8.77. The summed E-state index contributed by atoms with van der Waals surface area (Å²) in [6.45, 7) is 2.76. The summed E-state index contributed by atoms with van der Waals surface area (Å²) in [7, 11) is 0. The number of rotatable bonds is 6. The van der Waals surface area contributed by atoms with Crippen molar-refractivity contribution in [1.82, 2.24) is 4.90 Å². The minimum atomic E-state index is -0.914. The van der Waals surface area contributed by atoms with Crippen molar-refractivity contribution >= 4 is 39.0 Å². The number of carboxylic acids is 1. The first kappa shape index (κ1) is 20.5. The zero-order valence-electron chi connectivity index (χ0n) is 16.7. The van der Waals surface area contributed by atoms with Gasteiger partial charge in [0, 0.05) is 10.7 Å². The summed E-state index contributed by atoms with van der Waals surface area (Å²) < 4.78 is 14.9. The van der Waals surface area contributed by atoms with Crippen LogP contribution >= 0.6 is 11.3 Å². The molecule has 2 N–H and O–H groups in total. The molecule has 1 aliphatic heterocycles. The van der Waals surface area contributed by atoms with E-state index in [0.717, 1.165) is 40.6 Å². The second kappa shape index (κ2) is 8.53. The minimum absolute atomic E-state index is 0.0780. The van der Waals surface area contributed by atoms with E-state index in [0.29, 0.717) is 11.3 Å². The molecule has 1 atom stereocenters. The monoisotopic (exact) mass is 426 g/mol. The number of carbonyl (C=O) groups excluding carboxylic acids is 1. The number of hydrogen-bond acceptors (Lipinski definition) is 4. The molecule has 1 fully saturated rings. The van der Waals surface area contributed by atoms with Gasteiger partial charge >= 0.3 is 5.97 Å². The number of carboxylic acid groups (broad SMARTS) is 1. The van der Waals surface area contributed by atoms with Gasteiger partial charge in [0.25, 0.3) is 0 Å². The van der Waals surface area contributed by atoms with Crippen molar-refractivity contribution < 1.29 is 19.1 Å². The number of anilines is 1. The molecule has 0 radical (unpaired) electrons.